The molecule has 1 aliphatic carbocycles. The Morgan fingerprint density at radius 1 is 1.40 bits per heavy atom. The smallest absolute Gasteiger partial charge is 0.253 e. The zero-order valence-corrected chi connectivity index (χ0v) is 15.6. The maximum absolute atomic E-state index is 12.4. The molecule has 3 nitrogen and oxygen atoms in total. The maximum atomic E-state index is 12.4. The van der Waals surface area contributed by atoms with Crippen LogP contribution in [0.25, 0.3) is 0 Å². The van der Waals surface area contributed by atoms with Gasteiger partial charge in [0.05, 0.1) is 24.2 Å². The molecule has 0 radical (unpaired) electrons. The minimum absolute atomic E-state index is 0.123. The number of carbonyl (C=O) groups excluding carboxylic acids is 1. The Morgan fingerprint density at radius 3 is 2.55 bits per heavy atom. The van der Waals surface area contributed by atoms with Crippen molar-refractivity contribution in [1.29, 1.82) is 0 Å². The Balaban J connectivity index is 2.09. The largest absolute Gasteiger partial charge is 0.392 e. The molecule has 1 aliphatic rings. The molecule has 1 amide bonds. The molecule has 1 atom stereocenters. The lowest BCUT2D eigenvalue weighted by Gasteiger charge is -2.30. The molecule has 1 unspecified atom stereocenters. The summed E-state index contributed by atoms with van der Waals surface area (Å²) in [5.41, 5.74) is 6.46. The van der Waals surface area contributed by atoms with Crippen molar-refractivity contribution in [2.75, 3.05) is 0 Å². The van der Waals surface area contributed by atoms with E-state index >= 15 is 0 Å². The van der Waals surface area contributed by atoms with E-state index in [0.29, 0.717) is 16.5 Å². The van der Waals surface area contributed by atoms with Gasteiger partial charge in [0.1, 0.15) is 0 Å². The van der Waals surface area contributed by atoms with Crippen LogP contribution in [0.15, 0.2) is 13.6 Å². The summed E-state index contributed by atoms with van der Waals surface area (Å²) < 4.78 is 1.73. The summed E-state index contributed by atoms with van der Waals surface area (Å²) >= 11 is 13.4. The van der Waals surface area contributed by atoms with E-state index in [-0.39, 0.29) is 11.9 Å². The van der Waals surface area contributed by atoms with E-state index in [0.717, 1.165) is 20.4 Å². The molecule has 0 spiro atoms. The highest BCUT2D eigenvalue weighted by atomic mass is 79.9. The van der Waals surface area contributed by atoms with E-state index in [2.05, 4.69) is 37.2 Å². The highest BCUT2D eigenvalue weighted by Gasteiger charge is 2.28. The molecule has 2 rings (SSSR count). The topological polar surface area (TPSA) is 55.1 Å². The van der Waals surface area contributed by atoms with E-state index < -0.39 is 0 Å². The van der Waals surface area contributed by atoms with Gasteiger partial charge in [-0.2, -0.15) is 0 Å². The molecule has 1 fully saturated rings. The van der Waals surface area contributed by atoms with Gasteiger partial charge in [0.2, 0.25) is 0 Å². The average molecular weight is 440 g/mol. The number of hydrogen-bond donors (Lipinski definition) is 2. The van der Waals surface area contributed by atoms with E-state index in [1.807, 2.05) is 6.07 Å². The first-order valence-electron chi connectivity index (χ1n) is 6.54. The van der Waals surface area contributed by atoms with Crippen LogP contribution in [-0.4, -0.2) is 16.9 Å². The van der Waals surface area contributed by atoms with Crippen LogP contribution in [0.5, 0.6) is 0 Å². The van der Waals surface area contributed by atoms with Crippen LogP contribution in [0.1, 0.15) is 42.5 Å². The van der Waals surface area contributed by atoms with E-state index in [9.17, 15) is 4.79 Å². The zero-order chi connectivity index (χ0) is 14.7. The Kier molecular flexibility index (Phi) is 6.01. The summed E-state index contributed by atoms with van der Waals surface area (Å²) in [6, 6.07) is 1.60. The molecule has 0 aromatic carbocycles. The number of carbonyl (C=O) groups is 1. The monoisotopic (exact) mass is 438 g/mol. The first kappa shape index (κ1) is 16.4. The molecule has 1 aromatic heterocycles. The SMILES string of the molecule is NC(=S)C(NC(=O)c1cc(Br)sc1Br)C1CCCCC1. The van der Waals surface area contributed by atoms with Gasteiger partial charge < -0.3 is 11.1 Å². The van der Waals surface area contributed by atoms with Gasteiger partial charge >= 0.3 is 0 Å². The molecule has 0 aliphatic heterocycles. The van der Waals surface area contributed by atoms with Gasteiger partial charge in [-0.15, -0.1) is 11.3 Å². The third-order valence-electron chi connectivity index (χ3n) is 3.62. The van der Waals surface area contributed by atoms with Crippen molar-refractivity contribution < 1.29 is 4.79 Å². The first-order valence-corrected chi connectivity index (χ1v) is 9.35. The summed E-state index contributed by atoms with van der Waals surface area (Å²) in [6.07, 6.45) is 5.80. The molecule has 110 valence electrons. The highest BCUT2D eigenvalue weighted by Crippen LogP contribution is 2.32. The lowest BCUT2D eigenvalue weighted by atomic mass is 9.83. The average Bonchev–Trinajstić information content (AvgIpc) is 2.75. The van der Waals surface area contributed by atoms with E-state index in [4.69, 9.17) is 18.0 Å². The van der Waals surface area contributed by atoms with Gasteiger partial charge in [-0.3, -0.25) is 4.79 Å². The predicted molar refractivity (Wildman–Crippen MR) is 94.3 cm³/mol. The zero-order valence-electron chi connectivity index (χ0n) is 10.8. The van der Waals surface area contributed by atoms with Gasteiger partial charge in [0, 0.05) is 0 Å². The van der Waals surface area contributed by atoms with E-state index in [1.54, 1.807) is 0 Å². The first-order chi connectivity index (χ1) is 9.49. The second-order valence-corrected chi connectivity index (χ2v) is 9.21. The number of thiophene rings is 1. The fourth-order valence-corrected chi connectivity index (χ4v) is 5.65. The Morgan fingerprint density at radius 2 is 2.05 bits per heavy atom. The Bertz CT molecular complexity index is 512. The predicted octanol–water partition coefficient (Wildman–Crippen LogP) is 4.24. The van der Waals surface area contributed by atoms with Crippen LogP contribution in [0.4, 0.5) is 0 Å². The summed E-state index contributed by atoms with van der Waals surface area (Å²) in [4.78, 5) is 12.8. The van der Waals surface area contributed by atoms with Crippen molar-refractivity contribution in [2.45, 2.75) is 38.1 Å². The van der Waals surface area contributed by atoms with Gasteiger partial charge in [0.25, 0.3) is 5.91 Å². The van der Waals surface area contributed by atoms with Crippen molar-refractivity contribution in [3.05, 3.63) is 19.2 Å². The summed E-state index contributed by atoms with van der Waals surface area (Å²) in [7, 11) is 0. The van der Waals surface area contributed by atoms with Gasteiger partial charge in [-0.1, -0.05) is 31.5 Å². The lowest BCUT2D eigenvalue weighted by Crippen LogP contribution is -2.48. The van der Waals surface area contributed by atoms with Crippen LogP contribution in [0.2, 0.25) is 0 Å². The van der Waals surface area contributed by atoms with Crippen LogP contribution in [0, 0.1) is 5.92 Å². The summed E-state index contributed by atoms with van der Waals surface area (Å²) in [6.45, 7) is 0. The molecule has 3 N–H and O–H groups in total. The van der Waals surface area contributed by atoms with Crippen molar-refractivity contribution in [3.63, 3.8) is 0 Å². The van der Waals surface area contributed by atoms with Crippen molar-refractivity contribution in [3.8, 4) is 0 Å². The number of halogens is 2. The maximum Gasteiger partial charge on any atom is 0.253 e. The number of rotatable bonds is 4. The summed E-state index contributed by atoms with van der Waals surface area (Å²) in [5, 5.41) is 3.01. The van der Waals surface area contributed by atoms with Gasteiger partial charge in [0.15, 0.2) is 0 Å². The summed E-state index contributed by atoms with van der Waals surface area (Å²) in [5.74, 6) is 0.244. The number of nitrogens with two attached hydrogens (primary N) is 1. The molecule has 0 bridgehead atoms. The minimum atomic E-state index is -0.205. The Labute approximate surface area is 144 Å². The van der Waals surface area contributed by atoms with Gasteiger partial charge in [-0.05, 0) is 56.7 Å². The molecule has 1 saturated carbocycles. The number of amides is 1. The molecule has 20 heavy (non-hydrogen) atoms. The van der Waals surface area contributed by atoms with Crippen LogP contribution in [-0.2, 0) is 0 Å². The fraction of sp³-hybridized carbons (Fsp3) is 0.538. The Hall–Kier alpha value is 0.0200. The van der Waals surface area contributed by atoms with Crippen LogP contribution < -0.4 is 11.1 Å². The molecule has 1 aromatic rings. The molecular weight excluding hydrogens is 424 g/mol. The van der Waals surface area contributed by atoms with Gasteiger partial charge in [-0.25, -0.2) is 0 Å². The number of nitrogens with one attached hydrogen (secondary N) is 1. The van der Waals surface area contributed by atoms with E-state index in [1.165, 1.54) is 30.6 Å². The van der Waals surface area contributed by atoms with Crippen LogP contribution >= 0.6 is 55.4 Å². The quantitative estimate of drug-likeness (QED) is 0.689. The molecule has 1 heterocycles. The van der Waals surface area contributed by atoms with Crippen molar-refractivity contribution in [2.24, 2.45) is 11.7 Å². The molecule has 7 heteroatoms. The number of hydrogen-bond acceptors (Lipinski definition) is 3. The third-order valence-corrected chi connectivity index (χ3v) is 6.21. The third kappa shape index (κ3) is 4.02. The molecule has 0 saturated heterocycles. The minimum Gasteiger partial charge on any atom is -0.392 e. The van der Waals surface area contributed by atoms with Crippen LogP contribution in [0.3, 0.4) is 0 Å². The molecular formula is C13H16Br2N2OS2. The van der Waals surface area contributed by atoms with Crippen molar-refractivity contribution in [1.82, 2.24) is 5.32 Å². The standard InChI is InChI=1S/C13H16Br2N2OS2/c14-9-6-8(11(15)20-9)13(18)17-10(12(16)19)7-4-2-1-3-5-7/h6-7,10H,1-5H2,(H2,16,19)(H,17,18). The highest BCUT2D eigenvalue weighted by molar-refractivity contribution is 9.12. The second kappa shape index (κ2) is 7.33. The number of thiocarbonyl (C=S) groups is 1. The second-order valence-electron chi connectivity index (χ2n) is 4.99. The normalized spacial score (nSPS) is 17.7. The van der Waals surface area contributed by atoms with Crippen molar-refractivity contribution >= 4 is 66.3 Å². The fourth-order valence-electron chi connectivity index (χ4n) is 2.60. The lowest BCUT2D eigenvalue weighted by molar-refractivity contribution is 0.0931.